The molecule has 2 aromatic rings. The number of amides is 1. The van der Waals surface area contributed by atoms with Crippen LogP contribution in [0, 0.1) is 11.8 Å². The van der Waals surface area contributed by atoms with Gasteiger partial charge in [-0.3, -0.25) is 24.1 Å². The maximum Gasteiger partial charge on any atom is 0.330 e. The molecule has 8 nitrogen and oxygen atoms in total. The lowest BCUT2D eigenvalue weighted by Gasteiger charge is -2.26. The van der Waals surface area contributed by atoms with Crippen LogP contribution in [-0.2, 0) is 6.54 Å². The number of H-pyrrole nitrogens is 1. The van der Waals surface area contributed by atoms with Crippen molar-refractivity contribution in [2.24, 2.45) is 11.8 Å². The van der Waals surface area contributed by atoms with Gasteiger partial charge >= 0.3 is 5.69 Å². The third-order valence-electron chi connectivity index (χ3n) is 3.78. The van der Waals surface area contributed by atoms with E-state index in [4.69, 9.17) is 5.73 Å². The number of nitrogen functional groups attached to an aromatic ring is 1. The molecule has 0 aliphatic heterocycles. The van der Waals surface area contributed by atoms with Crippen molar-refractivity contribution in [2.75, 3.05) is 17.2 Å². The molecule has 0 spiro atoms. The van der Waals surface area contributed by atoms with Crippen LogP contribution in [0.2, 0.25) is 0 Å². The first-order valence-corrected chi connectivity index (χ1v) is 9.46. The van der Waals surface area contributed by atoms with Gasteiger partial charge in [0.05, 0.1) is 5.56 Å². The summed E-state index contributed by atoms with van der Waals surface area (Å²) in [4.78, 5) is 45.5. The summed E-state index contributed by atoms with van der Waals surface area (Å²) in [7, 11) is 0. The molecule has 0 aliphatic carbocycles. The van der Waals surface area contributed by atoms with Gasteiger partial charge in [0.25, 0.3) is 11.5 Å². The zero-order chi connectivity index (χ0) is 20.3. The largest absolute Gasteiger partial charge is 0.383 e. The summed E-state index contributed by atoms with van der Waals surface area (Å²) < 4.78 is 1.94. The van der Waals surface area contributed by atoms with E-state index >= 15 is 0 Å². The Labute approximate surface area is 165 Å². The summed E-state index contributed by atoms with van der Waals surface area (Å²) in [6, 6.07) is 1.62. The highest BCUT2D eigenvalue weighted by Gasteiger charge is 2.26. The molecular formula is C18H24BrN5O3. The van der Waals surface area contributed by atoms with E-state index in [9.17, 15) is 14.4 Å². The molecule has 27 heavy (non-hydrogen) atoms. The minimum Gasteiger partial charge on any atom is -0.383 e. The first-order chi connectivity index (χ1) is 12.6. The van der Waals surface area contributed by atoms with Crippen molar-refractivity contribution in [1.82, 2.24) is 14.5 Å². The van der Waals surface area contributed by atoms with Gasteiger partial charge in [0.1, 0.15) is 5.82 Å². The first kappa shape index (κ1) is 20.9. The number of nitrogens with zero attached hydrogens (tertiary/aromatic N) is 3. The van der Waals surface area contributed by atoms with Gasteiger partial charge in [-0.2, -0.15) is 0 Å². The Morgan fingerprint density at radius 1 is 1.26 bits per heavy atom. The van der Waals surface area contributed by atoms with Crippen LogP contribution in [-0.4, -0.2) is 27.0 Å². The minimum atomic E-state index is -0.686. The molecule has 0 aromatic carbocycles. The monoisotopic (exact) mass is 437 g/mol. The Morgan fingerprint density at radius 2 is 1.93 bits per heavy atom. The molecule has 146 valence electrons. The number of aromatic amines is 1. The van der Waals surface area contributed by atoms with Gasteiger partial charge in [0.2, 0.25) is 0 Å². The fourth-order valence-electron chi connectivity index (χ4n) is 2.71. The number of hydrogen-bond donors (Lipinski definition) is 2. The molecule has 9 heteroatoms. The molecule has 0 fully saturated rings. The number of anilines is 2. The molecule has 0 unspecified atom stereocenters. The molecule has 2 heterocycles. The summed E-state index contributed by atoms with van der Waals surface area (Å²) in [5.74, 6) is -0.232. The molecule has 0 saturated carbocycles. The zero-order valence-electron chi connectivity index (χ0n) is 15.8. The van der Waals surface area contributed by atoms with E-state index in [0.717, 1.165) is 0 Å². The van der Waals surface area contributed by atoms with Crippen molar-refractivity contribution in [1.29, 1.82) is 0 Å². The number of pyridine rings is 1. The van der Waals surface area contributed by atoms with Gasteiger partial charge < -0.3 is 10.6 Å². The molecule has 0 atom stereocenters. The summed E-state index contributed by atoms with van der Waals surface area (Å²) in [5, 5.41) is 0. The van der Waals surface area contributed by atoms with Crippen molar-refractivity contribution in [3.05, 3.63) is 49.3 Å². The van der Waals surface area contributed by atoms with Gasteiger partial charge in [-0.05, 0) is 33.8 Å². The van der Waals surface area contributed by atoms with E-state index in [1.165, 1.54) is 15.7 Å². The smallest absolute Gasteiger partial charge is 0.330 e. The second-order valence-electron chi connectivity index (χ2n) is 7.20. The Bertz CT molecular complexity index is 949. The van der Waals surface area contributed by atoms with Crippen LogP contribution in [0.15, 0.2) is 32.5 Å². The molecule has 0 saturated heterocycles. The van der Waals surface area contributed by atoms with Crippen molar-refractivity contribution in [2.45, 2.75) is 34.2 Å². The first-order valence-electron chi connectivity index (χ1n) is 8.66. The molecule has 3 N–H and O–H groups in total. The van der Waals surface area contributed by atoms with E-state index < -0.39 is 17.2 Å². The van der Waals surface area contributed by atoms with Crippen LogP contribution in [0.25, 0.3) is 0 Å². The maximum absolute atomic E-state index is 13.1. The fourth-order valence-corrected chi connectivity index (χ4v) is 3.08. The Balaban J connectivity index is 2.65. The molecule has 0 aliphatic rings. The van der Waals surface area contributed by atoms with Crippen LogP contribution >= 0.6 is 15.9 Å². The van der Waals surface area contributed by atoms with E-state index in [2.05, 4.69) is 25.9 Å². The van der Waals surface area contributed by atoms with Crippen LogP contribution in [0.3, 0.4) is 0 Å². The fraction of sp³-hybridized carbons (Fsp3) is 0.444. The topological polar surface area (TPSA) is 114 Å². The predicted octanol–water partition coefficient (Wildman–Crippen LogP) is 2.24. The molecule has 0 bridgehead atoms. The number of nitrogens with one attached hydrogen (secondary N) is 1. The number of rotatable bonds is 6. The Hall–Kier alpha value is -2.42. The predicted molar refractivity (Wildman–Crippen MR) is 109 cm³/mol. The standard InChI is InChI=1S/C18H24BrN5O3/c1-10(2)8-23(17(26)12-5-13(19)7-21-6-12)14-15(20)24(9-11(3)4)18(27)22-16(14)25/h5-7,10-11H,8-9,20H2,1-4H3,(H,22,25,27). The van der Waals surface area contributed by atoms with Crippen molar-refractivity contribution >= 4 is 33.3 Å². The van der Waals surface area contributed by atoms with Crippen LogP contribution in [0.1, 0.15) is 38.1 Å². The highest BCUT2D eigenvalue weighted by Crippen LogP contribution is 2.22. The number of halogens is 1. The van der Waals surface area contributed by atoms with Crippen LogP contribution < -0.4 is 21.9 Å². The van der Waals surface area contributed by atoms with E-state index in [1.807, 2.05) is 27.7 Å². The number of carbonyl (C=O) groups is 1. The number of aromatic nitrogens is 3. The summed E-state index contributed by atoms with van der Waals surface area (Å²) >= 11 is 3.29. The van der Waals surface area contributed by atoms with Crippen molar-refractivity contribution in [3.8, 4) is 0 Å². The highest BCUT2D eigenvalue weighted by atomic mass is 79.9. The summed E-state index contributed by atoms with van der Waals surface area (Å²) in [6.45, 7) is 8.30. The van der Waals surface area contributed by atoms with Crippen molar-refractivity contribution < 1.29 is 4.79 Å². The van der Waals surface area contributed by atoms with Gasteiger partial charge in [-0.25, -0.2) is 4.79 Å². The van der Waals surface area contributed by atoms with E-state index in [0.29, 0.717) is 16.6 Å². The molecule has 2 aromatic heterocycles. The second-order valence-corrected chi connectivity index (χ2v) is 8.11. The maximum atomic E-state index is 13.1. The van der Waals surface area contributed by atoms with Gasteiger partial charge in [-0.1, -0.05) is 27.7 Å². The number of carbonyl (C=O) groups excluding carboxylic acids is 1. The molecular weight excluding hydrogens is 414 g/mol. The zero-order valence-corrected chi connectivity index (χ0v) is 17.4. The van der Waals surface area contributed by atoms with Crippen LogP contribution in [0.4, 0.5) is 11.5 Å². The highest BCUT2D eigenvalue weighted by molar-refractivity contribution is 9.10. The number of hydrogen-bond acceptors (Lipinski definition) is 5. The minimum absolute atomic E-state index is 0.0191. The third-order valence-corrected chi connectivity index (χ3v) is 4.21. The van der Waals surface area contributed by atoms with Crippen LogP contribution in [0.5, 0.6) is 0 Å². The molecule has 1 amide bonds. The molecule has 0 radical (unpaired) electrons. The lowest BCUT2D eigenvalue weighted by atomic mass is 10.1. The second kappa shape index (κ2) is 8.51. The summed E-state index contributed by atoms with van der Waals surface area (Å²) in [6.07, 6.45) is 2.99. The molecule has 2 rings (SSSR count). The lowest BCUT2D eigenvalue weighted by molar-refractivity contribution is 0.0983. The average Bonchev–Trinajstić information content (AvgIpc) is 2.56. The Kier molecular flexibility index (Phi) is 6.59. The normalized spacial score (nSPS) is 11.2. The van der Waals surface area contributed by atoms with Gasteiger partial charge in [0, 0.05) is 30.0 Å². The third kappa shape index (κ3) is 4.85. The van der Waals surface area contributed by atoms with Gasteiger partial charge in [-0.15, -0.1) is 0 Å². The van der Waals surface area contributed by atoms with E-state index in [-0.39, 0.29) is 29.9 Å². The van der Waals surface area contributed by atoms with E-state index in [1.54, 1.807) is 12.3 Å². The lowest BCUT2D eigenvalue weighted by Crippen LogP contribution is -2.43. The van der Waals surface area contributed by atoms with Crippen molar-refractivity contribution in [3.63, 3.8) is 0 Å². The summed E-state index contributed by atoms with van der Waals surface area (Å²) in [5.41, 5.74) is 5.20. The average molecular weight is 438 g/mol. The van der Waals surface area contributed by atoms with Gasteiger partial charge in [0.15, 0.2) is 5.69 Å². The SMILES string of the molecule is CC(C)CN(C(=O)c1cncc(Br)c1)c1c(N)n(CC(C)C)c(=O)[nH]c1=O. The number of nitrogens with two attached hydrogens (primary N) is 1. The quantitative estimate of drug-likeness (QED) is 0.718. The Morgan fingerprint density at radius 3 is 2.48 bits per heavy atom.